The van der Waals surface area contributed by atoms with Gasteiger partial charge in [-0.05, 0) is 56.0 Å². The summed E-state index contributed by atoms with van der Waals surface area (Å²) in [5.41, 5.74) is 0. The van der Waals surface area contributed by atoms with Crippen molar-refractivity contribution in [2.24, 2.45) is 5.92 Å². The summed E-state index contributed by atoms with van der Waals surface area (Å²) in [6.07, 6.45) is 6.29. The predicted octanol–water partition coefficient (Wildman–Crippen LogP) is 2.58. The molecule has 2 N–H and O–H groups in total. The van der Waals surface area contributed by atoms with Gasteiger partial charge < -0.3 is 15.4 Å². The Morgan fingerprint density at radius 1 is 1.38 bits per heavy atom. The van der Waals surface area contributed by atoms with E-state index in [1.54, 1.807) is 0 Å². The van der Waals surface area contributed by atoms with E-state index in [2.05, 4.69) is 33.0 Å². The van der Waals surface area contributed by atoms with Gasteiger partial charge in [-0.2, -0.15) is 0 Å². The molecule has 5 nitrogen and oxygen atoms in total. The fourth-order valence-electron chi connectivity index (χ4n) is 4.33. The maximum atomic E-state index is 12.2. The van der Waals surface area contributed by atoms with Crippen LogP contribution in [0.2, 0.25) is 0 Å². The first kappa shape index (κ1) is 16.4. The van der Waals surface area contributed by atoms with Gasteiger partial charge in [0, 0.05) is 24.5 Å². The average Bonchev–Trinajstić information content (AvgIpc) is 3.31. The normalized spacial score (nSPS) is 32.8. The van der Waals surface area contributed by atoms with Crippen LogP contribution in [0.5, 0.6) is 0 Å². The number of carbonyl (C=O) groups excluding carboxylic acids is 1. The summed E-state index contributed by atoms with van der Waals surface area (Å²) >= 11 is 1.83. The molecule has 3 aliphatic heterocycles. The molecule has 132 valence electrons. The number of carbonyl (C=O) groups is 1. The molecule has 0 aromatic carbocycles. The summed E-state index contributed by atoms with van der Waals surface area (Å²) in [4.78, 5) is 16.1. The number of ether oxygens (including phenoxy) is 1. The SMILES string of the molecule is O=C(NC[C@@H]1CCCN(Cc2cccs2)C1)N[C@H]1C[C@H]2CC[C@H]1O2. The van der Waals surface area contributed by atoms with Crippen LogP contribution >= 0.6 is 11.3 Å². The van der Waals surface area contributed by atoms with Crippen molar-refractivity contribution >= 4 is 17.4 Å². The molecule has 0 aliphatic carbocycles. The summed E-state index contributed by atoms with van der Waals surface area (Å²) in [5.74, 6) is 0.556. The largest absolute Gasteiger partial charge is 0.373 e. The topological polar surface area (TPSA) is 53.6 Å². The molecule has 2 amide bonds. The van der Waals surface area contributed by atoms with E-state index in [1.807, 2.05) is 11.3 Å². The summed E-state index contributed by atoms with van der Waals surface area (Å²) in [6, 6.07) is 4.52. The monoisotopic (exact) mass is 349 g/mol. The smallest absolute Gasteiger partial charge is 0.315 e. The summed E-state index contributed by atoms with van der Waals surface area (Å²) in [5, 5.41) is 8.34. The van der Waals surface area contributed by atoms with Gasteiger partial charge in [0.05, 0.1) is 18.2 Å². The Kier molecular flexibility index (Phi) is 5.06. The van der Waals surface area contributed by atoms with E-state index < -0.39 is 0 Å². The third kappa shape index (κ3) is 3.92. The average molecular weight is 350 g/mol. The molecular formula is C18H27N3O2S. The number of likely N-dealkylation sites (tertiary alicyclic amines) is 1. The number of nitrogens with one attached hydrogen (secondary N) is 2. The van der Waals surface area contributed by atoms with E-state index in [0.29, 0.717) is 12.0 Å². The third-order valence-corrected chi connectivity index (χ3v) is 6.40. The number of amides is 2. The van der Waals surface area contributed by atoms with E-state index >= 15 is 0 Å². The van der Waals surface area contributed by atoms with Crippen LogP contribution in [0.3, 0.4) is 0 Å². The molecule has 2 bridgehead atoms. The Morgan fingerprint density at radius 2 is 2.33 bits per heavy atom. The first-order valence-corrected chi connectivity index (χ1v) is 10.1. The Balaban J connectivity index is 1.18. The molecule has 0 radical (unpaired) electrons. The number of fused-ring (bicyclic) bond motifs is 2. The number of piperidine rings is 1. The van der Waals surface area contributed by atoms with Crippen molar-refractivity contribution in [1.82, 2.24) is 15.5 Å². The Hall–Kier alpha value is -1.11. The standard InChI is InChI=1S/C18H27N3O2S/c22-18(20-16-9-14-5-6-17(16)23-14)19-10-13-3-1-7-21(11-13)12-15-4-2-8-24-15/h2,4,8,13-14,16-17H,1,3,5-7,9-12H2,(H2,19,20,22)/t13-,14+,16-,17+/m0/s1. The van der Waals surface area contributed by atoms with Gasteiger partial charge >= 0.3 is 6.03 Å². The molecule has 3 saturated heterocycles. The molecule has 0 saturated carbocycles. The molecule has 4 rings (SSSR count). The van der Waals surface area contributed by atoms with Gasteiger partial charge in [0.2, 0.25) is 0 Å². The minimum Gasteiger partial charge on any atom is -0.373 e. The third-order valence-electron chi connectivity index (χ3n) is 5.54. The molecule has 24 heavy (non-hydrogen) atoms. The van der Waals surface area contributed by atoms with E-state index in [9.17, 15) is 4.79 Å². The van der Waals surface area contributed by atoms with Crippen LogP contribution in [0.4, 0.5) is 4.79 Å². The molecule has 3 aliphatic rings. The second-order valence-corrected chi connectivity index (χ2v) is 8.43. The number of hydrogen-bond donors (Lipinski definition) is 2. The highest BCUT2D eigenvalue weighted by molar-refractivity contribution is 7.09. The number of thiophene rings is 1. The number of urea groups is 1. The maximum Gasteiger partial charge on any atom is 0.315 e. The van der Waals surface area contributed by atoms with Crippen LogP contribution < -0.4 is 10.6 Å². The van der Waals surface area contributed by atoms with Crippen LogP contribution in [0.1, 0.15) is 37.0 Å². The Bertz CT molecular complexity index is 550. The van der Waals surface area contributed by atoms with Crippen molar-refractivity contribution in [2.45, 2.75) is 56.9 Å². The van der Waals surface area contributed by atoms with E-state index in [0.717, 1.165) is 38.9 Å². The number of hydrogen-bond acceptors (Lipinski definition) is 4. The molecule has 0 unspecified atom stereocenters. The molecular weight excluding hydrogens is 322 g/mol. The van der Waals surface area contributed by atoms with Crippen molar-refractivity contribution in [3.05, 3.63) is 22.4 Å². The van der Waals surface area contributed by atoms with Crippen molar-refractivity contribution < 1.29 is 9.53 Å². The predicted molar refractivity (Wildman–Crippen MR) is 95.2 cm³/mol. The highest BCUT2D eigenvalue weighted by atomic mass is 32.1. The van der Waals surface area contributed by atoms with Gasteiger partial charge in [0.25, 0.3) is 0 Å². The van der Waals surface area contributed by atoms with Gasteiger partial charge in [0.15, 0.2) is 0 Å². The second kappa shape index (κ2) is 7.42. The van der Waals surface area contributed by atoms with E-state index in [-0.39, 0.29) is 18.2 Å². The minimum atomic E-state index is -0.0217. The molecule has 0 spiro atoms. The lowest BCUT2D eigenvalue weighted by molar-refractivity contribution is 0.0980. The number of rotatable bonds is 5. The quantitative estimate of drug-likeness (QED) is 0.859. The highest BCUT2D eigenvalue weighted by Gasteiger charge is 2.41. The van der Waals surface area contributed by atoms with Gasteiger partial charge in [0.1, 0.15) is 0 Å². The lowest BCUT2D eigenvalue weighted by Crippen LogP contribution is -2.48. The van der Waals surface area contributed by atoms with Crippen molar-refractivity contribution in [2.75, 3.05) is 19.6 Å². The molecule has 4 atom stereocenters. The lowest BCUT2D eigenvalue weighted by atomic mass is 9.95. The van der Waals surface area contributed by atoms with Gasteiger partial charge in [-0.3, -0.25) is 4.90 Å². The summed E-state index contributed by atoms with van der Waals surface area (Å²) in [6.45, 7) is 4.07. The van der Waals surface area contributed by atoms with Crippen molar-refractivity contribution in [1.29, 1.82) is 0 Å². The van der Waals surface area contributed by atoms with Crippen molar-refractivity contribution in [3.63, 3.8) is 0 Å². The van der Waals surface area contributed by atoms with Crippen LogP contribution in [0.15, 0.2) is 17.5 Å². The van der Waals surface area contributed by atoms with Crippen LogP contribution in [0, 0.1) is 5.92 Å². The zero-order valence-electron chi connectivity index (χ0n) is 14.1. The Labute approximate surface area is 147 Å². The zero-order valence-corrected chi connectivity index (χ0v) is 14.9. The zero-order chi connectivity index (χ0) is 16.4. The van der Waals surface area contributed by atoms with Gasteiger partial charge in [-0.1, -0.05) is 6.07 Å². The molecule has 6 heteroatoms. The summed E-state index contributed by atoms with van der Waals surface area (Å²) < 4.78 is 5.80. The number of nitrogens with zero attached hydrogens (tertiary/aromatic N) is 1. The highest BCUT2D eigenvalue weighted by Crippen LogP contribution is 2.34. The van der Waals surface area contributed by atoms with E-state index in [4.69, 9.17) is 4.74 Å². The lowest BCUT2D eigenvalue weighted by Gasteiger charge is -2.32. The van der Waals surface area contributed by atoms with Crippen LogP contribution in [-0.2, 0) is 11.3 Å². The minimum absolute atomic E-state index is 0.0217. The molecule has 3 fully saturated rings. The maximum absolute atomic E-state index is 12.2. The first-order chi connectivity index (χ1) is 11.8. The van der Waals surface area contributed by atoms with Crippen LogP contribution in [-0.4, -0.2) is 48.8 Å². The summed E-state index contributed by atoms with van der Waals surface area (Å²) in [7, 11) is 0. The van der Waals surface area contributed by atoms with Crippen molar-refractivity contribution in [3.8, 4) is 0 Å². The van der Waals surface area contributed by atoms with Gasteiger partial charge in [-0.15, -0.1) is 11.3 Å². The molecule has 1 aromatic rings. The fourth-order valence-corrected chi connectivity index (χ4v) is 5.08. The fraction of sp³-hybridized carbons (Fsp3) is 0.722. The van der Waals surface area contributed by atoms with E-state index in [1.165, 1.54) is 24.3 Å². The molecule has 1 aromatic heterocycles. The molecule has 4 heterocycles. The van der Waals surface area contributed by atoms with Gasteiger partial charge in [-0.25, -0.2) is 4.79 Å². The second-order valence-electron chi connectivity index (χ2n) is 7.39. The Morgan fingerprint density at radius 3 is 3.08 bits per heavy atom. The van der Waals surface area contributed by atoms with Crippen LogP contribution in [0.25, 0.3) is 0 Å². The first-order valence-electron chi connectivity index (χ1n) is 9.21.